The molecule has 1 fully saturated rings. The summed E-state index contributed by atoms with van der Waals surface area (Å²) in [5.41, 5.74) is 3.15. The number of ether oxygens (including phenoxy) is 1. The van der Waals surface area contributed by atoms with Crippen LogP contribution < -0.4 is 4.74 Å². The van der Waals surface area contributed by atoms with Crippen LogP contribution in [0.2, 0.25) is 0 Å². The molecule has 134 valence electrons. The van der Waals surface area contributed by atoms with Crippen molar-refractivity contribution in [2.24, 2.45) is 0 Å². The van der Waals surface area contributed by atoms with Crippen molar-refractivity contribution in [3.63, 3.8) is 0 Å². The Labute approximate surface area is 165 Å². The van der Waals surface area contributed by atoms with Crippen molar-refractivity contribution in [3.8, 4) is 5.75 Å². The molecule has 1 aromatic heterocycles. The van der Waals surface area contributed by atoms with E-state index in [1.165, 1.54) is 0 Å². The molecule has 1 amide bonds. The minimum absolute atomic E-state index is 0.0137. The number of hydrogen-bond donors (Lipinski definition) is 1. The number of carbonyl (C=O) groups is 1. The van der Waals surface area contributed by atoms with E-state index in [0.29, 0.717) is 6.42 Å². The van der Waals surface area contributed by atoms with Crippen LogP contribution in [-0.4, -0.2) is 35.2 Å². The van der Waals surface area contributed by atoms with Crippen LogP contribution in [-0.2, 0) is 11.2 Å². The van der Waals surface area contributed by atoms with Crippen molar-refractivity contribution in [3.05, 3.63) is 64.3 Å². The van der Waals surface area contributed by atoms with Gasteiger partial charge < -0.3 is 14.6 Å². The van der Waals surface area contributed by atoms with E-state index in [9.17, 15) is 4.79 Å². The Morgan fingerprint density at radius 2 is 2.19 bits per heavy atom. The highest BCUT2D eigenvalue weighted by Gasteiger charge is 2.32. The van der Waals surface area contributed by atoms with Crippen LogP contribution in [0.5, 0.6) is 5.75 Å². The van der Waals surface area contributed by atoms with Gasteiger partial charge in [0.05, 0.1) is 13.5 Å². The number of para-hydroxylation sites is 1. The molecule has 0 spiro atoms. The van der Waals surface area contributed by atoms with E-state index < -0.39 is 0 Å². The number of rotatable bonds is 4. The second-order valence-electron chi connectivity index (χ2n) is 6.23. The van der Waals surface area contributed by atoms with E-state index in [4.69, 9.17) is 4.74 Å². The molecule has 0 aliphatic carbocycles. The third-order valence-corrected chi connectivity index (χ3v) is 6.42. The van der Waals surface area contributed by atoms with Crippen molar-refractivity contribution in [2.75, 3.05) is 19.4 Å². The van der Waals surface area contributed by atoms with Crippen molar-refractivity contribution in [1.29, 1.82) is 0 Å². The number of halogens is 1. The van der Waals surface area contributed by atoms with Gasteiger partial charge in [0.1, 0.15) is 11.1 Å². The lowest BCUT2D eigenvalue weighted by Gasteiger charge is -2.25. The molecule has 1 saturated heterocycles. The molecule has 3 aromatic rings. The molecule has 4 rings (SSSR count). The highest BCUT2D eigenvalue weighted by Crippen LogP contribution is 2.43. The van der Waals surface area contributed by atoms with E-state index in [1.54, 1.807) is 18.9 Å². The standard InChI is InChI=1S/C20H19BrN2O2S/c1-25-18-7-6-14(21)11-16(18)20-23(8-9-26-20)19(24)10-13-12-22-17-5-3-2-4-15(13)17/h2-7,11-12,20,22H,8-10H2,1H3. The molecule has 0 bridgehead atoms. The lowest BCUT2D eigenvalue weighted by molar-refractivity contribution is -0.130. The number of fused-ring (bicyclic) bond motifs is 1. The number of nitrogens with zero attached hydrogens (tertiary/aromatic N) is 1. The zero-order valence-electron chi connectivity index (χ0n) is 14.4. The fourth-order valence-electron chi connectivity index (χ4n) is 3.42. The highest BCUT2D eigenvalue weighted by molar-refractivity contribution is 9.10. The molecule has 6 heteroatoms. The lowest BCUT2D eigenvalue weighted by Crippen LogP contribution is -2.31. The van der Waals surface area contributed by atoms with Gasteiger partial charge in [-0.1, -0.05) is 34.1 Å². The molecule has 4 nitrogen and oxygen atoms in total. The molecule has 1 N–H and O–H groups in total. The number of amides is 1. The third-order valence-electron chi connectivity index (χ3n) is 4.69. The molecule has 0 radical (unpaired) electrons. The topological polar surface area (TPSA) is 45.3 Å². The number of nitrogens with one attached hydrogen (secondary N) is 1. The molecule has 1 unspecified atom stereocenters. The van der Waals surface area contributed by atoms with Gasteiger partial charge in [-0.3, -0.25) is 4.79 Å². The molecular weight excluding hydrogens is 412 g/mol. The Hall–Kier alpha value is -1.92. The molecule has 1 aliphatic rings. The summed E-state index contributed by atoms with van der Waals surface area (Å²) >= 11 is 5.32. The summed E-state index contributed by atoms with van der Waals surface area (Å²) in [5, 5.41) is 1.10. The molecule has 0 saturated carbocycles. The first-order chi connectivity index (χ1) is 12.7. The van der Waals surface area contributed by atoms with E-state index in [-0.39, 0.29) is 11.3 Å². The summed E-state index contributed by atoms with van der Waals surface area (Å²) in [4.78, 5) is 18.3. The molecule has 2 aromatic carbocycles. The van der Waals surface area contributed by atoms with Gasteiger partial charge in [-0.05, 0) is 29.8 Å². The van der Waals surface area contributed by atoms with Gasteiger partial charge in [-0.25, -0.2) is 0 Å². The van der Waals surface area contributed by atoms with Crippen LogP contribution in [0.4, 0.5) is 0 Å². The van der Waals surface area contributed by atoms with Gasteiger partial charge in [0.25, 0.3) is 0 Å². The van der Waals surface area contributed by atoms with Crippen LogP contribution in [0.1, 0.15) is 16.5 Å². The van der Waals surface area contributed by atoms with Gasteiger partial charge in [-0.15, -0.1) is 11.8 Å². The quantitative estimate of drug-likeness (QED) is 0.648. The minimum Gasteiger partial charge on any atom is -0.496 e. The largest absolute Gasteiger partial charge is 0.496 e. The first-order valence-electron chi connectivity index (χ1n) is 8.47. The number of aromatic nitrogens is 1. The van der Waals surface area contributed by atoms with Crippen LogP contribution in [0.25, 0.3) is 10.9 Å². The second kappa shape index (κ2) is 7.37. The fraction of sp³-hybridized carbons (Fsp3) is 0.250. The predicted molar refractivity (Wildman–Crippen MR) is 110 cm³/mol. The average molecular weight is 431 g/mol. The van der Waals surface area contributed by atoms with Gasteiger partial charge in [-0.2, -0.15) is 0 Å². The van der Waals surface area contributed by atoms with Crippen LogP contribution in [0.15, 0.2) is 53.1 Å². The fourth-order valence-corrected chi connectivity index (χ4v) is 5.09. The SMILES string of the molecule is COc1ccc(Br)cc1C1SCCN1C(=O)Cc1c[nH]c2ccccc12. The molecule has 1 atom stereocenters. The first-order valence-corrected chi connectivity index (χ1v) is 10.3. The second-order valence-corrected chi connectivity index (χ2v) is 8.34. The number of H-pyrrole nitrogens is 1. The zero-order valence-corrected chi connectivity index (χ0v) is 16.8. The van der Waals surface area contributed by atoms with Gasteiger partial charge in [0.2, 0.25) is 5.91 Å². The van der Waals surface area contributed by atoms with Gasteiger partial charge >= 0.3 is 0 Å². The number of thioether (sulfide) groups is 1. The number of aromatic amines is 1. The van der Waals surface area contributed by atoms with Crippen molar-refractivity contribution < 1.29 is 9.53 Å². The van der Waals surface area contributed by atoms with Crippen molar-refractivity contribution >= 4 is 44.5 Å². The maximum absolute atomic E-state index is 13.1. The normalized spacial score (nSPS) is 17.0. The Kier molecular flexibility index (Phi) is 4.96. The number of methoxy groups -OCH3 is 1. The Morgan fingerprint density at radius 3 is 3.04 bits per heavy atom. The van der Waals surface area contributed by atoms with Crippen LogP contribution in [0, 0.1) is 0 Å². The maximum Gasteiger partial charge on any atom is 0.228 e. The summed E-state index contributed by atoms with van der Waals surface area (Å²) in [6, 6.07) is 14.0. The summed E-state index contributed by atoms with van der Waals surface area (Å²) in [5.74, 6) is 1.89. The minimum atomic E-state index is -0.0137. The monoisotopic (exact) mass is 430 g/mol. The lowest BCUT2D eigenvalue weighted by atomic mass is 10.1. The highest BCUT2D eigenvalue weighted by atomic mass is 79.9. The number of carbonyl (C=O) groups excluding carboxylic acids is 1. The molecule has 26 heavy (non-hydrogen) atoms. The Balaban J connectivity index is 1.60. The Morgan fingerprint density at radius 1 is 1.35 bits per heavy atom. The number of hydrogen-bond acceptors (Lipinski definition) is 3. The van der Waals surface area contributed by atoms with E-state index in [1.807, 2.05) is 47.5 Å². The maximum atomic E-state index is 13.1. The van der Waals surface area contributed by atoms with Crippen LogP contribution in [0.3, 0.4) is 0 Å². The molecular formula is C20H19BrN2O2S. The zero-order chi connectivity index (χ0) is 18.1. The predicted octanol–water partition coefficient (Wildman–Crippen LogP) is 4.76. The summed E-state index contributed by atoms with van der Waals surface area (Å²) in [7, 11) is 1.67. The smallest absolute Gasteiger partial charge is 0.228 e. The summed E-state index contributed by atoms with van der Waals surface area (Å²) < 4.78 is 6.52. The number of benzene rings is 2. The summed E-state index contributed by atoms with van der Waals surface area (Å²) in [6.07, 6.45) is 2.35. The Bertz CT molecular complexity index is 956. The first kappa shape index (κ1) is 17.5. The average Bonchev–Trinajstić information content (AvgIpc) is 3.29. The van der Waals surface area contributed by atoms with E-state index >= 15 is 0 Å². The van der Waals surface area contributed by atoms with Gasteiger partial charge in [0.15, 0.2) is 0 Å². The van der Waals surface area contributed by atoms with E-state index in [2.05, 4.69) is 27.0 Å². The summed E-state index contributed by atoms with van der Waals surface area (Å²) in [6.45, 7) is 0.756. The third kappa shape index (κ3) is 3.23. The van der Waals surface area contributed by atoms with Crippen molar-refractivity contribution in [1.82, 2.24) is 9.88 Å². The van der Waals surface area contributed by atoms with Gasteiger partial charge in [0, 0.05) is 39.4 Å². The molecule has 1 aliphatic heterocycles. The van der Waals surface area contributed by atoms with E-state index in [0.717, 1.165) is 44.5 Å². The van der Waals surface area contributed by atoms with Crippen LogP contribution >= 0.6 is 27.7 Å². The molecule has 2 heterocycles. The van der Waals surface area contributed by atoms with Crippen molar-refractivity contribution in [2.45, 2.75) is 11.8 Å².